The first-order valence-corrected chi connectivity index (χ1v) is 6.87. The van der Waals surface area contributed by atoms with Crippen molar-refractivity contribution in [2.45, 2.75) is 13.1 Å². The molecule has 1 aromatic carbocycles. The molecule has 0 saturated carbocycles. The van der Waals surface area contributed by atoms with Gasteiger partial charge in [-0.15, -0.1) is 0 Å². The van der Waals surface area contributed by atoms with E-state index in [-0.39, 0.29) is 16.7 Å². The molecule has 0 saturated heterocycles. The molecular weight excluding hydrogens is 307 g/mol. The van der Waals surface area contributed by atoms with Gasteiger partial charge in [-0.2, -0.15) is 18.3 Å². The quantitative estimate of drug-likeness (QED) is 0.717. The molecule has 4 nitrogen and oxygen atoms in total. The number of hydrogen-bond acceptors (Lipinski definition) is 3. The summed E-state index contributed by atoms with van der Waals surface area (Å²) in [6.45, 7) is 1.55. The van der Waals surface area contributed by atoms with Gasteiger partial charge in [-0.05, 0) is 25.1 Å². The van der Waals surface area contributed by atoms with Crippen LogP contribution >= 0.6 is 0 Å². The van der Waals surface area contributed by atoms with Crippen molar-refractivity contribution >= 4 is 11.0 Å². The minimum Gasteiger partial charge on any atom is -0.497 e. The molecule has 0 unspecified atom stereocenters. The zero-order chi connectivity index (χ0) is 16.8. The first-order chi connectivity index (χ1) is 10.8. The summed E-state index contributed by atoms with van der Waals surface area (Å²) in [5, 5.41) is 4.10. The first-order valence-electron chi connectivity index (χ1n) is 6.87. The highest BCUT2D eigenvalue weighted by atomic mass is 19.4. The van der Waals surface area contributed by atoms with E-state index in [1.165, 1.54) is 11.8 Å². The first kappa shape index (κ1) is 15.3. The van der Waals surface area contributed by atoms with Crippen LogP contribution in [0.25, 0.3) is 22.3 Å². The fourth-order valence-electron chi connectivity index (χ4n) is 2.60. The van der Waals surface area contributed by atoms with Gasteiger partial charge in [0.15, 0.2) is 5.65 Å². The molecule has 0 aliphatic heterocycles. The Morgan fingerprint density at radius 3 is 2.57 bits per heavy atom. The maximum atomic E-state index is 13.5. The Kier molecular flexibility index (Phi) is 3.50. The Morgan fingerprint density at radius 2 is 1.91 bits per heavy atom. The average Bonchev–Trinajstić information content (AvgIpc) is 2.80. The number of rotatable bonds is 2. The summed E-state index contributed by atoms with van der Waals surface area (Å²) >= 11 is 0. The number of hydrogen-bond donors (Lipinski definition) is 0. The molecule has 23 heavy (non-hydrogen) atoms. The van der Waals surface area contributed by atoms with Crippen molar-refractivity contribution in [3.63, 3.8) is 0 Å². The summed E-state index contributed by atoms with van der Waals surface area (Å²) in [5.74, 6) is 0.555. The summed E-state index contributed by atoms with van der Waals surface area (Å²) in [4.78, 5) is 4.36. The molecule has 0 amide bonds. The molecule has 0 bridgehead atoms. The normalized spacial score (nSPS) is 11.9. The summed E-state index contributed by atoms with van der Waals surface area (Å²) in [5.41, 5.74) is 0.558. The van der Waals surface area contributed by atoms with Crippen LogP contribution in [-0.2, 0) is 13.2 Å². The number of fused-ring (bicyclic) bond motifs is 1. The van der Waals surface area contributed by atoms with Gasteiger partial charge in [0.25, 0.3) is 0 Å². The minimum absolute atomic E-state index is 0.0339. The number of nitrogens with zero attached hydrogens (tertiary/aromatic N) is 3. The van der Waals surface area contributed by atoms with E-state index in [9.17, 15) is 13.2 Å². The molecule has 120 valence electrons. The number of benzene rings is 1. The Bertz CT molecular complexity index is 884. The van der Waals surface area contributed by atoms with Gasteiger partial charge < -0.3 is 4.74 Å². The molecule has 0 spiro atoms. The average molecular weight is 321 g/mol. The van der Waals surface area contributed by atoms with Gasteiger partial charge in [-0.25, -0.2) is 4.98 Å². The molecule has 0 aliphatic carbocycles. The number of ether oxygens (including phenoxy) is 1. The van der Waals surface area contributed by atoms with Gasteiger partial charge >= 0.3 is 6.18 Å². The monoisotopic (exact) mass is 321 g/mol. The molecule has 2 aromatic heterocycles. The van der Waals surface area contributed by atoms with Crippen molar-refractivity contribution in [2.24, 2.45) is 7.05 Å². The van der Waals surface area contributed by atoms with Crippen LogP contribution in [0.15, 0.2) is 30.3 Å². The minimum atomic E-state index is -4.48. The molecule has 0 atom stereocenters. The van der Waals surface area contributed by atoms with Crippen LogP contribution in [0.2, 0.25) is 0 Å². The van der Waals surface area contributed by atoms with Crippen LogP contribution in [-0.4, -0.2) is 21.9 Å². The summed E-state index contributed by atoms with van der Waals surface area (Å²) < 4.78 is 46.9. The fraction of sp³-hybridized carbons (Fsp3) is 0.250. The fourth-order valence-corrected chi connectivity index (χ4v) is 2.60. The highest BCUT2D eigenvalue weighted by molar-refractivity contribution is 5.85. The van der Waals surface area contributed by atoms with E-state index in [0.29, 0.717) is 17.0 Å². The lowest BCUT2D eigenvalue weighted by molar-refractivity contribution is -0.136. The number of aromatic nitrogens is 3. The van der Waals surface area contributed by atoms with E-state index in [1.807, 2.05) is 0 Å². The van der Waals surface area contributed by atoms with Crippen LogP contribution in [0.5, 0.6) is 5.75 Å². The molecule has 0 N–H and O–H groups in total. The van der Waals surface area contributed by atoms with Crippen molar-refractivity contribution in [3.05, 3.63) is 41.6 Å². The summed E-state index contributed by atoms with van der Waals surface area (Å²) in [6, 6.07) is 7.84. The van der Waals surface area contributed by atoms with E-state index in [2.05, 4.69) is 10.1 Å². The molecule has 3 rings (SSSR count). The van der Waals surface area contributed by atoms with Crippen molar-refractivity contribution in [1.29, 1.82) is 0 Å². The Balaban J connectivity index is 2.32. The van der Waals surface area contributed by atoms with Gasteiger partial charge in [-0.1, -0.05) is 12.1 Å². The Morgan fingerprint density at radius 1 is 1.17 bits per heavy atom. The lowest BCUT2D eigenvalue weighted by Gasteiger charge is -2.11. The predicted octanol–water partition coefficient (Wildman–Crippen LogP) is 3.97. The van der Waals surface area contributed by atoms with Crippen LogP contribution in [0.4, 0.5) is 13.2 Å². The standard InChI is InChI=1S/C16H14F3N3O/c1-9-14-12(16(17,18)19)8-13(20-15(14)22(2)21-9)10-5-4-6-11(7-10)23-3/h4-8H,1-3H3. The zero-order valence-electron chi connectivity index (χ0n) is 12.8. The second-order valence-corrected chi connectivity index (χ2v) is 5.19. The molecule has 0 fully saturated rings. The van der Waals surface area contributed by atoms with E-state index in [4.69, 9.17) is 4.74 Å². The lowest BCUT2D eigenvalue weighted by Crippen LogP contribution is -2.07. The van der Waals surface area contributed by atoms with Gasteiger partial charge in [0, 0.05) is 12.6 Å². The van der Waals surface area contributed by atoms with E-state index >= 15 is 0 Å². The maximum absolute atomic E-state index is 13.5. The Labute approximate surface area is 130 Å². The lowest BCUT2D eigenvalue weighted by atomic mass is 10.0. The van der Waals surface area contributed by atoms with Gasteiger partial charge in [0.05, 0.1) is 29.4 Å². The third kappa shape index (κ3) is 2.62. The van der Waals surface area contributed by atoms with Crippen molar-refractivity contribution in [1.82, 2.24) is 14.8 Å². The second kappa shape index (κ2) is 5.26. The number of aryl methyl sites for hydroxylation is 2. The molecule has 0 aliphatic rings. The van der Waals surface area contributed by atoms with Gasteiger partial charge in [0.1, 0.15) is 5.75 Å². The highest BCUT2D eigenvalue weighted by Gasteiger charge is 2.35. The van der Waals surface area contributed by atoms with Crippen LogP contribution in [0, 0.1) is 6.92 Å². The highest BCUT2D eigenvalue weighted by Crippen LogP contribution is 2.38. The molecule has 2 heterocycles. The number of methoxy groups -OCH3 is 1. The molecule has 0 radical (unpaired) electrons. The second-order valence-electron chi connectivity index (χ2n) is 5.19. The van der Waals surface area contributed by atoms with Crippen molar-refractivity contribution < 1.29 is 17.9 Å². The van der Waals surface area contributed by atoms with Gasteiger partial charge in [-0.3, -0.25) is 4.68 Å². The number of pyridine rings is 1. The topological polar surface area (TPSA) is 39.9 Å². The Hall–Kier alpha value is -2.57. The predicted molar refractivity (Wildman–Crippen MR) is 80.2 cm³/mol. The number of halogens is 3. The summed E-state index contributed by atoms with van der Waals surface area (Å²) in [6.07, 6.45) is -4.48. The van der Waals surface area contributed by atoms with Gasteiger partial charge in [0.2, 0.25) is 0 Å². The van der Waals surface area contributed by atoms with E-state index in [1.54, 1.807) is 38.2 Å². The molecular formula is C16H14F3N3O. The number of alkyl halides is 3. The van der Waals surface area contributed by atoms with E-state index in [0.717, 1.165) is 6.07 Å². The molecule has 3 aromatic rings. The van der Waals surface area contributed by atoms with Crippen molar-refractivity contribution in [2.75, 3.05) is 7.11 Å². The maximum Gasteiger partial charge on any atom is 0.417 e. The molecule has 7 heteroatoms. The van der Waals surface area contributed by atoms with Crippen LogP contribution in [0.3, 0.4) is 0 Å². The third-order valence-corrected chi connectivity index (χ3v) is 3.64. The SMILES string of the molecule is COc1cccc(-c2cc(C(F)(F)F)c3c(C)nn(C)c3n2)c1. The summed E-state index contributed by atoms with van der Waals surface area (Å²) in [7, 11) is 3.08. The van der Waals surface area contributed by atoms with Crippen molar-refractivity contribution in [3.8, 4) is 17.0 Å². The third-order valence-electron chi connectivity index (χ3n) is 3.64. The zero-order valence-corrected chi connectivity index (χ0v) is 12.8. The van der Waals surface area contributed by atoms with Crippen LogP contribution in [0.1, 0.15) is 11.3 Å². The van der Waals surface area contributed by atoms with E-state index < -0.39 is 11.7 Å². The largest absolute Gasteiger partial charge is 0.497 e. The van der Waals surface area contributed by atoms with Crippen LogP contribution < -0.4 is 4.74 Å². The smallest absolute Gasteiger partial charge is 0.417 e.